The van der Waals surface area contributed by atoms with E-state index in [1.165, 1.54) is 0 Å². The SMILES string of the molecule is [2H]c1c([2H])c(N(c2ccc(-c3ccc4ccccc4c3-c3ccccc3)cc2)c2c([2H])c([2H])c(-c3c([2H])c([2H])c([2H])c4c([2H])c([2H])c([2H])c([2H])c34)c([2H])c2[2H])c([2H])c([2H])c1-c1ccc(-c2cccc3ccccc23)cc1. The minimum atomic E-state index is -0.793. The Balaban J connectivity index is 1.13. The van der Waals surface area contributed by atoms with Gasteiger partial charge in [0.2, 0.25) is 0 Å². The Bertz CT molecular complexity index is 4150. The van der Waals surface area contributed by atoms with Crippen molar-refractivity contribution in [2.75, 3.05) is 4.90 Å². The highest BCUT2D eigenvalue weighted by Crippen LogP contribution is 2.42. The second-order valence-corrected chi connectivity index (χ2v) is 14.5. The lowest BCUT2D eigenvalue weighted by Crippen LogP contribution is -2.09. The molecule has 11 rings (SSSR count). The topological polar surface area (TPSA) is 3.24 Å². The fourth-order valence-corrected chi connectivity index (χ4v) is 7.99. The fraction of sp³-hybridized carbons (Fsp3) is 0. The molecule has 0 spiro atoms. The molecule has 0 aliphatic rings. The average molecular weight is 791 g/mol. The van der Waals surface area contributed by atoms with Crippen molar-refractivity contribution in [1.82, 2.24) is 0 Å². The van der Waals surface area contributed by atoms with Crippen LogP contribution in [0.4, 0.5) is 17.1 Å². The van der Waals surface area contributed by atoms with Crippen molar-refractivity contribution in [3.63, 3.8) is 0 Å². The summed E-state index contributed by atoms with van der Waals surface area (Å²) in [5.74, 6) is 0. The smallest absolute Gasteiger partial charge is 0.0645 e. The highest BCUT2D eigenvalue weighted by Gasteiger charge is 2.17. The molecule has 286 valence electrons. The Morgan fingerprint density at radius 1 is 0.262 bits per heavy atom. The van der Waals surface area contributed by atoms with Crippen LogP contribution < -0.4 is 4.90 Å². The van der Waals surface area contributed by atoms with E-state index in [4.69, 9.17) is 9.60 Å². The molecule has 0 aromatic heterocycles. The van der Waals surface area contributed by atoms with Crippen LogP contribution in [-0.4, -0.2) is 0 Å². The quantitative estimate of drug-likeness (QED) is 0.148. The molecular formula is C60H41N. The normalized spacial score (nSPS) is 14.7. The first-order chi connectivity index (χ1) is 36.5. The van der Waals surface area contributed by atoms with E-state index in [0.717, 1.165) is 59.8 Å². The largest absolute Gasteiger partial charge is 0.311 e. The maximum Gasteiger partial charge on any atom is 0.0645 e. The van der Waals surface area contributed by atoms with E-state index < -0.39 is 124 Å². The molecule has 61 heavy (non-hydrogen) atoms. The molecule has 0 N–H and O–H groups in total. The van der Waals surface area contributed by atoms with Gasteiger partial charge in [-0.2, -0.15) is 0 Å². The first kappa shape index (κ1) is 23.6. The third-order valence-corrected chi connectivity index (χ3v) is 10.9. The van der Waals surface area contributed by atoms with Gasteiger partial charge in [-0.05, 0) is 124 Å². The summed E-state index contributed by atoms with van der Waals surface area (Å²) in [7, 11) is 0. The fourth-order valence-electron chi connectivity index (χ4n) is 7.99. The van der Waals surface area contributed by atoms with Crippen molar-refractivity contribution >= 4 is 49.4 Å². The van der Waals surface area contributed by atoms with Crippen molar-refractivity contribution < 1.29 is 20.6 Å². The Morgan fingerprint density at radius 3 is 1.59 bits per heavy atom. The number of rotatable bonds is 8. The summed E-state index contributed by atoms with van der Waals surface area (Å²) in [5.41, 5.74) is 3.92. The average Bonchev–Trinajstić information content (AvgIpc) is 3.49. The maximum absolute atomic E-state index is 9.70. The van der Waals surface area contributed by atoms with E-state index in [2.05, 4.69) is 0 Å². The van der Waals surface area contributed by atoms with E-state index in [-0.39, 0.29) is 11.3 Å². The van der Waals surface area contributed by atoms with Crippen LogP contribution in [0.2, 0.25) is 0 Å². The predicted octanol–water partition coefficient (Wildman–Crippen LogP) is 17.0. The van der Waals surface area contributed by atoms with Gasteiger partial charge < -0.3 is 4.90 Å². The Morgan fingerprint density at radius 2 is 0.836 bits per heavy atom. The molecule has 0 atom stereocenters. The molecule has 0 saturated heterocycles. The van der Waals surface area contributed by atoms with Crippen LogP contribution in [0.3, 0.4) is 0 Å². The molecule has 1 heteroatoms. The number of benzene rings is 11. The summed E-state index contributed by atoms with van der Waals surface area (Å²) >= 11 is 0. The van der Waals surface area contributed by atoms with E-state index >= 15 is 0 Å². The Kier molecular flexibility index (Phi) is 6.04. The number of hydrogen-bond donors (Lipinski definition) is 0. The third-order valence-electron chi connectivity index (χ3n) is 10.9. The highest BCUT2D eigenvalue weighted by atomic mass is 15.1. The van der Waals surface area contributed by atoms with Crippen LogP contribution in [-0.2, 0) is 0 Å². The molecule has 11 aromatic carbocycles. The van der Waals surface area contributed by atoms with Gasteiger partial charge in [0, 0.05) is 17.1 Å². The number of nitrogens with zero attached hydrogens (tertiary/aromatic N) is 1. The molecule has 0 saturated carbocycles. The van der Waals surface area contributed by atoms with Crippen LogP contribution >= 0.6 is 0 Å². The lowest BCUT2D eigenvalue weighted by atomic mass is 9.90. The van der Waals surface area contributed by atoms with Crippen LogP contribution in [0.5, 0.6) is 0 Å². The van der Waals surface area contributed by atoms with Gasteiger partial charge in [0.15, 0.2) is 0 Å². The van der Waals surface area contributed by atoms with Crippen LogP contribution in [0, 0.1) is 0 Å². The standard InChI is InChI=1S/C60H41N/c1-2-15-50(16-3-1)60-58-21-9-6-14-46(58)34-41-59(60)49-32-39-53(40-33-49)61(52-37-30-48(31-38-52)57-23-11-18-45-13-5-8-20-55(45)57)51-35-28-43(29-36-51)42-24-26-47(27-25-42)56-22-10-17-44-12-4-7-19-54(44)56/h1-41H/i5D,8D,11D,13D,18D,20D,23D,28D,29D,30D,31D,35D,36D,37D,38D. The third kappa shape index (κ3) is 6.83. The predicted molar refractivity (Wildman–Crippen MR) is 261 cm³/mol. The summed E-state index contributed by atoms with van der Waals surface area (Å²) < 4.78 is 138. The van der Waals surface area contributed by atoms with Crippen LogP contribution in [0.1, 0.15) is 20.6 Å². The number of fused-ring (bicyclic) bond motifs is 3. The lowest BCUT2D eigenvalue weighted by Gasteiger charge is -2.26. The second-order valence-electron chi connectivity index (χ2n) is 14.5. The molecule has 0 aliphatic heterocycles. The molecule has 1 nitrogen and oxygen atoms in total. The maximum atomic E-state index is 9.70. The summed E-state index contributed by atoms with van der Waals surface area (Å²) in [6.45, 7) is 0. The van der Waals surface area contributed by atoms with Crippen molar-refractivity contribution in [3.8, 4) is 55.6 Å². The zero-order valence-electron chi connectivity index (χ0n) is 47.5. The minimum Gasteiger partial charge on any atom is -0.311 e. The van der Waals surface area contributed by atoms with E-state index in [1.807, 2.05) is 121 Å². The summed E-state index contributed by atoms with van der Waals surface area (Å²) in [5, 5.41) is 3.24. The molecular weight excluding hydrogens is 735 g/mol. The van der Waals surface area contributed by atoms with E-state index in [1.54, 1.807) is 36.4 Å². The van der Waals surface area contributed by atoms with Gasteiger partial charge in [-0.3, -0.25) is 0 Å². The molecule has 11 aromatic rings. The number of anilines is 3. The van der Waals surface area contributed by atoms with Gasteiger partial charge in [0.1, 0.15) is 0 Å². The van der Waals surface area contributed by atoms with Crippen LogP contribution in [0.25, 0.3) is 88.0 Å². The molecule has 0 unspecified atom stereocenters. The highest BCUT2D eigenvalue weighted by molar-refractivity contribution is 6.04. The molecule has 0 radical (unpaired) electrons. The minimum absolute atomic E-state index is 0.0124. The second kappa shape index (κ2) is 15.6. The van der Waals surface area contributed by atoms with Gasteiger partial charge in [-0.25, -0.2) is 0 Å². The molecule has 0 heterocycles. The van der Waals surface area contributed by atoms with Gasteiger partial charge in [0.05, 0.1) is 20.6 Å². The summed E-state index contributed by atoms with van der Waals surface area (Å²) in [6, 6.07) is 39.8. The summed E-state index contributed by atoms with van der Waals surface area (Å²) in [6.07, 6.45) is 0. The van der Waals surface area contributed by atoms with Gasteiger partial charge in [-0.1, -0.05) is 212 Å². The van der Waals surface area contributed by atoms with Crippen molar-refractivity contribution in [3.05, 3.63) is 248 Å². The Labute approximate surface area is 378 Å². The molecule has 0 amide bonds. The molecule has 0 fully saturated rings. The van der Waals surface area contributed by atoms with E-state index in [9.17, 15) is 11.0 Å². The Hall–Kier alpha value is -8.00. The van der Waals surface area contributed by atoms with Gasteiger partial charge >= 0.3 is 0 Å². The molecule has 0 bridgehead atoms. The van der Waals surface area contributed by atoms with E-state index in [0.29, 0.717) is 5.56 Å². The first-order valence-corrected chi connectivity index (χ1v) is 19.8. The zero-order chi connectivity index (χ0) is 53.6. The van der Waals surface area contributed by atoms with Crippen molar-refractivity contribution in [2.45, 2.75) is 0 Å². The van der Waals surface area contributed by atoms with Gasteiger partial charge in [-0.15, -0.1) is 0 Å². The lowest BCUT2D eigenvalue weighted by molar-refractivity contribution is 1.28. The van der Waals surface area contributed by atoms with Crippen LogP contribution in [0.15, 0.2) is 248 Å². The van der Waals surface area contributed by atoms with Crippen molar-refractivity contribution in [2.24, 2.45) is 0 Å². The van der Waals surface area contributed by atoms with Crippen molar-refractivity contribution in [1.29, 1.82) is 0 Å². The summed E-state index contributed by atoms with van der Waals surface area (Å²) in [4.78, 5) is 1.16. The zero-order valence-corrected chi connectivity index (χ0v) is 32.5. The molecule has 0 aliphatic carbocycles. The first-order valence-electron chi connectivity index (χ1n) is 27.3. The monoisotopic (exact) mass is 790 g/mol. The number of hydrogen-bond acceptors (Lipinski definition) is 1. The van der Waals surface area contributed by atoms with Gasteiger partial charge in [0.25, 0.3) is 0 Å².